The van der Waals surface area contributed by atoms with Gasteiger partial charge < -0.3 is 14.8 Å². The first-order chi connectivity index (χ1) is 18.8. The van der Waals surface area contributed by atoms with Crippen molar-refractivity contribution in [3.8, 4) is 5.75 Å². The summed E-state index contributed by atoms with van der Waals surface area (Å²) in [6.45, 7) is -0.147. The van der Waals surface area contributed by atoms with Gasteiger partial charge in [-0.05, 0) is 47.5 Å². The summed E-state index contributed by atoms with van der Waals surface area (Å²) in [4.78, 5) is 42.5. The Morgan fingerprint density at radius 1 is 1.10 bits per heavy atom. The molecule has 1 aromatic heterocycles. The molecule has 5 rings (SSSR count). The number of aromatic nitrogens is 1. The molecule has 3 aromatic carbocycles. The van der Waals surface area contributed by atoms with Crippen molar-refractivity contribution >= 4 is 74.5 Å². The predicted molar refractivity (Wildman–Crippen MR) is 156 cm³/mol. The number of aliphatic carboxylic acids is 1. The van der Waals surface area contributed by atoms with Crippen LogP contribution in [0.4, 0.5) is 0 Å². The highest BCUT2D eigenvalue weighted by atomic mass is 35.5. The van der Waals surface area contributed by atoms with E-state index < -0.39 is 17.9 Å². The van der Waals surface area contributed by atoms with Crippen molar-refractivity contribution in [3.05, 3.63) is 106 Å². The van der Waals surface area contributed by atoms with Crippen LogP contribution in [0.25, 0.3) is 17.0 Å². The van der Waals surface area contributed by atoms with Crippen molar-refractivity contribution in [2.45, 2.75) is 12.5 Å². The maximum absolute atomic E-state index is 13.3. The van der Waals surface area contributed by atoms with E-state index in [4.69, 9.17) is 28.6 Å². The van der Waals surface area contributed by atoms with E-state index in [0.29, 0.717) is 26.8 Å². The van der Waals surface area contributed by atoms with E-state index in [9.17, 15) is 19.5 Å². The number of benzene rings is 3. The lowest BCUT2D eigenvalue weighted by molar-refractivity contribution is -0.145. The van der Waals surface area contributed by atoms with Crippen LogP contribution in [0.5, 0.6) is 5.75 Å². The highest BCUT2D eigenvalue weighted by Gasteiger charge is 2.40. The van der Waals surface area contributed by atoms with E-state index >= 15 is 0 Å². The SMILES string of the molecule is O=C(COc1ccc(/C=C2\SC(=S)N([C@@H](Cc3c[nH]c4ccccc34)C(=O)O)C2=O)cc1)c1cccc(Cl)c1. The van der Waals surface area contributed by atoms with E-state index in [1.807, 2.05) is 24.3 Å². The number of H-pyrrole nitrogens is 1. The van der Waals surface area contributed by atoms with Crippen molar-refractivity contribution in [2.24, 2.45) is 0 Å². The molecule has 0 saturated carbocycles. The molecule has 0 radical (unpaired) electrons. The van der Waals surface area contributed by atoms with Crippen LogP contribution >= 0.6 is 35.6 Å². The lowest BCUT2D eigenvalue weighted by atomic mass is 10.0. The van der Waals surface area contributed by atoms with Gasteiger partial charge in [0.2, 0.25) is 0 Å². The topological polar surface area (TPSA) is 99.7 Å². The molecule has 39 heavy (non-hydrogen) atoms. The number of carboxylic acids is 1. The second-order valence-electron chi connectivity index (χ2n) is 8.76. The Bertz CT molecular complexity index is 1630. The molecule has 2 N–H and O–H groups in total. The van der Waals surface area contributed by atoms with Gasteiger partial charge in [-0.3, -0.25) is 14.5 Å². The molecule has 0 unspecified atom stereocenters. The van der Waals surface area contributed by atoms with Gasteiger partial charge in [-0.25, -0.2) is 4.79 Å². The van der Waals surface area contributed by atoms with Crippen molar-refractivity contribution in [2.75, 3.05) is 6.61 Å². The van der Waals surface area contributed by atoms with Crippen LogP contribution < -0.4 is 4.74 Å². The zero-order valence-corrected chi connectivity index (χ0v) is 22.7. The van der Waals surface area contributed by atoms with Gasteiger partial charge in [0.05, 0.1) is 4.91 Å². The molecule has 0 bridgehead atoms. The number of thiocarbonyl (C=S) groups is 1. The Hall–Kier alpha value is -3.92. The summed E-state index contributed by atoms with van der Waals surface area (Å²) < 4.78 is 5.79. The maximum Gasteiger partial charge on any atom is 0.327 e. The minimum atomic E-state index is -1.14. The van der Waals surface area contributed by atoms with Gasteiger partial charge in [-0.2, -0.15) is 0 Å². The van der Waals surface area contributed by atoms with Gasteiger partial charge in [-0.1, -0.05) is 78.0 Å². The second-order valence-corrected chi connectivity index (χ2v) is 10.9. The number of aromatic amines is 1. The lowest BCUT2D eigenvalue weighted by Gasteiger charge is -2.23. The van der Waals surface area contributed by atoms with Crippen molar-refractivity contribution in [1.29, 1.82) is 0 Å². The third-order valence-electron chi connectivity index (χ3n) is 6.20. The first-order valence-corrected chi connectivity index (χ1v) is 13.5. The van der Waals surface area contributed by atoms with Crippen molar-refractivity contribution < 1.29 is 24.2 Å². The molecule has 4 aromatic rings. The number of para-hydroxylation sites is 1. The van der Waals surface area contributed by atoms with Gasteiger partial charge in [0.1, 0.15) is 16.1 Å². The highest BCUT2D eigenvalue weighted by Crippen LogP contribution is 2.35. The molecule has 1 aliphatic rings. The number of ketones is 1. The molecule has 0 spiro atoms. The monoisotopic (exact) mass is 576 g/mol. The first kappa shape index (κ1) is 26.7. The number of halogens is 1. The fraction of sp³-hybridized carbons (Fsp3) is 0.103. The van der Waals surface area contributed by atoms with Crippen molar-refractivity contribution in [3.63, 3.8) is 0 Å². The summed E-state index contributed by atoms with van der Waals surface area (Å²) in [5, 5.41) is 11.4. The number of nitrogens with zero attached hydrogens (tertiary/aromatic N) is 1. The molecule has 1 aliphatic heterocycles. The number of ether oxygens (including phenoxy) is 1. The average molecular weight is 577 g/mol. The quantitative estimate of drug-likeness (QED) is 0.144. The summed E-state index contributed by atoms with van der Waals surface area (Å²) in [6, 6.07) is 20.0. The number of fused-ring (bicyclic) bond motifs is 1. The van der Waals surface area contributed by atoms with Gasteiger partial charge in [-0.15, -0.1) is 0 Å². The van der Waals surface area contributed by atoms with E-state index in [0.717, 1.165) is 28.2 Å². The normalized spacial score (nSPS) is 15.2. The molecule has 196 valence electrons. The highest BCUT2D eigenvalue weighted by molar-refractivity contribution is 8.26. The van der Waals surface area contributed by atoms with Gasteiger partial charge >= 0.3 is 5.97 Å². The number of carbonyl (C=O) groups excluding carboxylic acids is 2. The molecule has 1 amide bonds. The number of rotatable bonds is 9. The van der Waals surface area contributed by atoms with Crippen LogP contribution in [0, 0.1) is 0 Å². The van der Waals surface area contributed by atoms with Crippen LogP contribution in [0.3, 0.4) is 0 Å². The minimum absolute atomic E-state index is 0.110. The van der Waals surface area contributed by atoms with E-state index in [1.54, 1.807) is 60.8 Å². The first-order valence-electron chi connectivity index (χ1n) is 11.9. The smallest absolute Gasteiger partial charge is 0.327 e. The fourth-order valence-corrected chi connectivity index (χ4v) is 5.80. The number of Topliss-reactive ketones (excluding diaryl/α,β-unsaturated/α-hetero) is 1. The summed E-state index contributed by atoms with van der Waals surface area (Å²) in [6.07, 6.45) is 3.53. The van der Waals surface area contributed by atoms with Crippen LogP contribution in [-0.2, 0) is 16.0 Å². The third kappa shape index (κ3) is 5.90. The van der Waals surface area contributed by atoms with E-state index in [2.05, 4.69) is 4.98 Å². The standard InChI is InChI=1S/C29H21ClN2O5S2/c30-20-5-3-4-18(13-20)25(33)16-37-21-10-8-17(9-11-21)12-26-27(34)32(29(38)39-26)24(28(35)36)14-19-15-31-23-7-2-1-6-22(19)23/h1-13,15,24,31H,14,16H2,(H,35,36)/b26-12-/t24-/m0/s1. The van der Waals surface area contributed by atoms with Gasteiger partial charge in [0.25, 0.3) is 5.91 Å². The van der Waals surface area contributed by atoms with Gasteiger partial charge in [0.15, 0.2) is 12.4 Å². The third-order valence-corrected chi connectivity index (χ3v) is 7.77. The predicted octanol–water partition coefficient (Wildman–Crippen LogP) is 5.98. The molecule has 1 fully saturated rings. The zero-order chi connectivity index (χ0) is 27.5. The number of hydrogen-bond donors (Lipinski definition) is 2. The summed E-state index contributed by atoms with van der Waals surface area (Å²) in [5.74, 6) is -1.30. The molecule has 1 saturated heterocycles. The average Bonchev–Trinajstić information content (AvgIpc) is 3.46. The Labute approximate surface area is 238 Å². The Kier molecular flexibility index (Phi) is 7.83. The van der Waals surface area contributed by atoms with Crippen LogP contribution in [0.2, 0.25) is 5.02 Å². The Balaban J connectivity index is 1.27. The fourth-order valence-electron chi connectivity index (χ4n) is 4.25. The molecule has 10 heteroatoms. The molecule has 0 aliphatic carbocycles. The maximum atomic E-state index is 13.3. The largest absolute Gasteiger partial charge is 0.485 e. The van der Waals surface area contributed by atoms with Crippen LogP contribution in [-0.4, -0.2) is 49.6 Å². The summed E-state index contributed by atoms with van der Waals surface area (Å²) in [5.41, 5.74) is 2.85. The number of nitrogens with one attached hydrogen (secondary N) is 1. The van der Waals surface area contributed by atoms with E-state index in [1.165, 1.54) is 4.90 Å². The number of amides is 1. The molecule has 1 atom stereocenters. The number of thioether (sulfide) groups is 1. The summed E-state index contributed by atoms with van der Waals surface area (Å²) >= 11 is 12.4. The number of carboxylic acid groups (broad SMARTS) is 1. The zero-order valence-electron chi connectivity index (χ0n) is 20.3. The molecular formula is C29H21ClN2O5S2. The Morgan fingerprint density at radius 3 is 2.62 bits per heavy atom. The molecule has 2 heterocycles. The minimum Gasteiger partial charge on any atom is -0.485 e. The Morgan fingerprint density at radius 2 is 1.87 bits per heavy atom. The number of carbonyl (C=O) groups is 3. The van der Waals surface area contributed by atoms with Crippen molar-refractivity contribution in [1.82, 2.24) is 9.88 Å². The van der Waals surface area contributed by atoms with E-state index in [-0.39, 0.29) is 23.1 Å². The van der Waals surface area contributed by atoms with Crippen LogP contribution in [0.15, 0.2) is 83.9 Å². The second kappa shape index (κ2) is 11.4. The summed E-state index contributed by atoms with van der Waals surface area (Å²) in [7, 11) is 0. The molecule has 7 nitrogen and oxygen atoms in total. The lowest BCUT2D eigenvalue weighted by Crippen LogP contribution is -2.45. The molecular weight excluding hydrogens is 556 g/mol. The van der Waals surface area contributed by atoms with Crippen LogP contribution in [0.1, 0.15) is 21.5 Å². The number of hydrogen-bond acceptors (Lipinski definition) is 6. The van der Waals surface area contributed by atoms with Gasteiger partial charge in [0, 0.05) is 34.1 Å².